The Bertz CT molecular complexity index is 1010. The minimum absolute atomic E-state index is 0.272. The number of carbonyl (C=O) groups excluding carboxylic acids is 1. The number of benzene rings is 2. The highest BCUT2D eigenvalue weighted by atomic mass is 16.5. The molecular formula is C23H25N5O2. The highest BCUT2D eigenvalue weighted by Crippen LogP contribution is 2.22. The van der Waals surface area contributed by atoms with E-state index in [9.17, 15) is 4.79 Å². The second-order valence-electron chi connectivity index (χ2n) is 7.28. The minimum atomic E-state index is -0.272. The van der Waals surface area contributed by atoms with E-state index < -0.39 is 0 Å². The molecule has 1 aromatic heterocycles. The van der Waals surface area contributed by atoms with E-state index in [4.69, 9.17) is 4.74 Å². The van der Waals surface area contributed by atoms with Crippen molar-refractivity contribution in [2.24, 2.45) is 0 Å². The van der Waals surface area contributed by atoms with Gasteiger partial charge in [-0.3, -0.25) is 0 Å². The first kappa shape index (κ1) is 19.8. The highest BCUT2D eigenvalue weighted by molar-refractivity contribution is 6.00. The van der Waals surface area contributed by atoms with Crippen LogP contribution in [0.25, 0.3) is 11.3 Å². The molecule has 0 radical (unpaired) electrons. The summed E-state index contributed by atoms with van der Waals surface area (Å²) in [5.74, 6) is 0.864. The summed E-state index contributed by atoms with van der Waals surface area (Å²) >= 11 is 0. The Morgan fingerprint density at radius 1 is 0.933 bits per heavy atom. The van der Waals surface area contributed by atoms with Crippen LogP contribution in [0.4, 0.5) is 22.0 Å². The first-order valence-electron chi connectivity index (χ1n) is 10.0. The molecule has 2 heterocycles. The average Bonchev–Trinajstić information content (AvgIpc) is 2.78. The van der Waals surface area contributed by atoms with Crippen molar-refractivity contribution in [2.75, 3.05) is 41.8 Å². The summed E-state index contributed by atoms with van der Waals surface area (Å²) in [5, 5.41) is 14.5. The first-order valence-corrected chi connectivity index (χ1v) is 10.0. The predicted octanol–water partition coefficient (Wildman–Crippen LogP) is 4.24. The maximum atomic E-state index is 12.3. The minimum Gasteiger partial charge on any atom is -0.378 e. The zero-order chi connectivity index (χ0) is 20.9. The average molecular weight is 403 g/mol. The number of aryl methyl sites for hydroxylation is 1. The third kappa shape index (κ3) is 4.58. The molecule has 2 N–H and O–H groups in total. The first-order chi connectivity index (χ1) is 14.6. The van der Waals surface area contributed by atoms with Crippen molar-refractivity contribution in [1.82, 2.24) is 10.2 Å². The SMILES string of the molecule is Cc1cccc(NC(=O)Nc2ccc(-c3ccc(N4CCOCC4)nn3)cc2)c1C. The van der Waals surface area contributed by atoms with E-state index in [1.807, 2.05) is 68.4 Å². The summed E-state index contributed by atoms with van der Waals surface area (Å²) in [4.78, 5) is 14.5. The van der Waals surface area contributed by atoms with Crippen LogP contribution in [0.15, 0.2) is 54.6 Å². The van der Waals surface area contributed by atoms with Crippen molar-refractivity contribution in [1.29, 1.82) is 0 Å². The normalized spacial score (nSPS) is 13.7. The highest BCUT2D eigenvalue weighted by Gasteiger charge is 2.13. The van der Waals surface area contributed by atoms with Crippen LogP contribution in [0.3, 0.4) is 0 Å². The fourth-order valence-corrected chi connectivity index (χ4v) is 3.34. The zero-order valence-corrected chi connectivity index (χ0v) is 17.2. The topological polar surface area (TPSA) is 79.4 Å². The molecule has 1 aliphatic rings. The molecule has 2 aromatic carbocycles. The van der Waals surface area contributed by atoms with Gasteiger partial charge < -0.3 is 20.3 Å². The largest absolute Gasteiger partial charge is 0.378 e. The van der Waals surface area contributed by atoms with Crippen LogP contribution in [0.1, 0.15) is 11.1 Å². The van der Waals surface area contributed by atoms with Gasteiger partial charge >= 0.3 is 6.03 Å². The molecule has 7 nitrogen and oxygen atoms in total. The van der Waals surface area contributed by atoms with Gasteiger partial charge in [0, 0.05) is 30.0 Å². The van der Waals surface area contributed by atoms with E-state index in [2.05, 4.69) is 25.7 Å². The predicted molar refractivity (Wildman–Crippen MR) is 119 cm³/mol. The van der Waals surface area contributed by atoms with Gasteiger partial charge in [-0.25, -0.2) is 4.79 Å². The van der Waals surface area contributed by atoms with Gasteiger partial charge in [-0.15, -0.1) is 10.2 Å². The molecular weight excluding hydrogens is 378 g/mol. The van der Waals surface area contributed by atoms with E-state index in [1.165, 1.54) is 0 Å². The van der Waals surface area contributed by atoms with Crippen LogP contribution in [-0.4, -0.2) is 42.5 Å². The van der Waals surface area contributed by atoms with Gasteiger partial charge in [0.05, 0.1) is 18.9 Å². The molecule has 0 unspecified atom stereocenters. The number of hydrogen-bond donors (Lipinski definition) is 2. The summed E-state index contributed by atoms with van der Waals surface area (Å²) in [7, 11) is 0. The van der Waals surface area contributed by atoms with Crippen LogP contribution < -0.4 is 15.5 Å². The van der Waals surface area contributed by atoms with Gasteiger partial charge in [-0.05, 0) is 55.3 Å². The number of anilines is 3. The molecule has 4 rings (SSSR count). The molecule has 0 bridgehead atoms. The lowest BCUT2D eigenvalue weighted by Gasteiger charge is -2.27. The van der Waals surface area contributed by atoms with Gasteiger partial charge in [0.2, 0.25) is 0 Å². The molecule has 1 saturated heterocycles. The third-order valence-electron chi connectivity index (χ3n) is 5.28. The second-order valence-corrected chi connectivity index (χ2v) is 7.28. The number of urea groups is 1. The summed E-state index contributed by atoms with van der Waals surface area (Å²) in [6.07, 6.45) is 0. The molecule has 3 aromatic rings. The number of nitrogens with zero attached hydrogens (tertiary/aromatic N) is 3. The van der Waals surface area contributed by atoms with Crippen LogP contribution in [-0.2, 0) is 4.74 Å². The molecule has 1 fully saturated rings. The number of rotatable bonds is 4. The number of amides is 2. The summed E-state index contributed by atoms with van der Waals surface area (Å²) in [6, 6.07) is 17.1. The summed E-state index contributed by atoms with van der Waals surface area (Å²) in [5.41, 5.74) is 5.44. The number of morpholine rings is 1. The lowest BCUT2D eigenvalue weighted by Crippen LogP contribution is -2.36. The van der Waals surface area contributed by atoms with Crippen LogP contribution in [0, 0.1) is 13.8 Å². The number of ether oxygens (including phenoxy) is 1. The summed E-state index contributed by atoms with van der Waals surface area (Å²) < 4.78 is 5.37. The number of nitrogens with one attached hydrogen (secondary N) is 2. The Morgan fingerprint density at radius 2 is 1.70 bits per heavy atom. The Labute approximate surface area is 176 Å². The molecule has 154 valence electrons. The molecule has 0 atom stereocenters. The smallest absolute Gasteiger partial charge is 0.323 e. The lowest BCUT2D eigenvalue weighted by atomic mass is 10.1. The van der Waals surface area contributed by atoms with Crippen LogP contribution >= 0.6 is 0 Å². The van der Waals surface area contributed by atoms with Crippen molar-refractivity contribution in [2.45, 2.75) is 13.8 Å². The van der Waals surface area contributed by atoms with Gasteiger partial charge in [0.15, 0.2) is 5.82 Å². The molecule has 1 aliphatic heterocycles. The fourth-order valence-electron chi connectivity index (χ4n) is 3.34. The van der Waals surface area contributed by atoms with E-state index in [-0.39, 0.29) is 6.03 Å². The molecule has 2 amide bonds. The Hall–Kier alpha value is -3.45. The second kappa shape index (κ2) is 8.92. The number of hydrogen-bond acceptors (Lipinski definition) is 5. The fraction of sp³-hybridized carbons (Fsp3) is 0.261. The van der Waals surface area contributed by atoms with Crippen molar-refractivity contribution >= 4 is 23.2 Å². The maximum Gasteiger partial charge on any atom is 0.323 e. The standard InChI is InChI=1S/C23H25N5O2/c1-16-4-3-5-20(17(16)2)25-23(29)24-19-8-6-18(7-9-19)21-10-11-22(27-26-21)28-12-14-30-15-13-28/h3-11H,12-15H2,1-2H3,(H2,24,25,29). The Balaban J connectivity index is 1.39. The van der Waals surface area contributed by atoms with Crippen LogP contribution in [0.2, 0.25) is 0 Å². The number of aromatic nitrogens is 2. The van der Waals surface area contributed by atoms with Crippen molar-refractivity contribution < 1.29 is 9.53 Å². The summed E-state index contributed by atoms with van der Waals surface area (Å²) in [6.45, 7) is 7.11. The van der Waals surface area contributed by atoms with Gasteiger partial charge in [-0.2, -0.15) is 0 Å². The molecule has 0 saturated carbocycles. The molecule has 30 heavy (non-hydrogen) atoms. The van der Waals surface area contributed by atoms with Crippen molar-refractivity contribution in [3.63, 3.8) is 0 Å². The molecule has 0 aliphatic carbocycles. The Kier molecular flexibility index (Phi) is 5.90. The van der Waals surface area contributed by atoms with Gasteiger partial charge in [0.25, 0.3) is 0 Å². The van der Waals surface area contributed by atoms with E-state index in [0.29, 0.717) is 5.69 Å². The maximum absolute atomic E-state index is 12.3. The van der Waals surface area contributed by atoms with Crippen molar-refractivity contribution in [3.05, 3.63) is 65.7 Å². The van der Waals surface area contributed by atoms with Gasteiger partial charge in [0.1, 0.15) is 0 Å². The van der Waals surface area contributed by atoms with E-state index >= 15 is 0 Å². The quantitative estimate of drug-likeness (QED) is 0.681. The van der Waals surface area contributed by atoms with E-state index in [0.717, 1.165) is 60.2 Å². The Morgan fingerprint density at radius 3 is 2.40 bits per heavy atom. The number of carbonyl (C=O) groups is 1. The third-order valence-corrected chi connectivity index (χ3v) is 5.28. The van der Waals surface area contributed by atoms with Crippen LogP contribution in [0.5, 0.6) is 0 Å². The van der Waals surface area contributed by atoms with E-state index in [1.54, 1.807) is 0 Å². The lowest BCUT2D eigenvalue weighted by molar-refractivity contribution is 0.122. The monoisotopic (exact) mass is 403 g/mol. The van der Waals surface area contributed by atoms with Gasteiger partial charge in [-0.1, -0.05) is 24.3 Å². The zero-order valence-electron chi connectivity index (χ0n) is 17.2. The van der Waals surface area contributed by atoms with Crippen molar-refractivity contribution in [3.8, 4) is 11.3 Å². The molecule has 0 spiro atoms. The molecule has 7 heteroatoms.